The van der Waals surface area contributed by atoms with Gasteiger partial charge in [-0.3, -0.25) is 0 Å². The quantitative estimate of drug-likeness (QED) is 0.177. The lowest BCUT2D eigenvalue weighted by Gasteiger charge is -2.41. The Morgan fingerprint density at radius 1 is 0.353 bits per heavy atom. The molecule has 0 saturated heterocycles. The molecule has 0 atom stereocenters. The fraction of sp³-hybridized carbons (Fsp3) is 0.0159. The Hall–Kier alpha value is -9.06. The second-order valence-corrected chi connectivity index (χ2v) is 17.5. The molecule has 320 valence electrons. The number of hydrogen-bond donors (Lipinski definition) is 0. The van der Waals surface area contributed by atoms with E-state index in [0.717, 1.165) is 99.9 Å². The molecule has 10 aromatic carbocycles. The van der Waals surface area contributed by atoms with Crippen molar-refractivity contribution in [2.75, 3.05) is 0 Å². The van der Waals surface area contributed by atoms with E-state index in [0.29, 0.717) is 0 Å². The molecule has 5 nitrogen and oxygen atoms in total. The molecule has 4 aromatic heterocycles. The molecular formula is C63H40N2O3. The second-order valence-electron chi connectivity index (χ2n) is 17.5. The van der Waals surface area contributed by atoms with Crippen LogP contribution in [0.15, 0.2) is 251 Å². The number of fused-ring (bicyclic) bond motifs is 9. The standard InChI is InChI=1S/C33H23NO.C30H17NO2/c1-4-14-24(15-5-1)33(25-16-6-2-7-17-25)28-21-11-13-23-30(28)35-31-27-20-10-12-22-29(27)34(32(31)33)26-18-8-3-9-19-26;1-2-12-20(13-3-1)31-27-21-14-4-8-18-10-6-16-23(25(18)21)32-29(27)30-28(31)22-15-5-9-19-11-7-17-24(33-30)26(19)22/h1-23H;1-17H. The predicted octanol–water partition coefficient (Wildman–Crippen LogP) is 16.7. The molecule has 68 heavy (non-hydrogen) atoms. The largest absolute Gasteiger partial charge is 0.454 e. The van der Waals surface area contributed by atoms with Crippen molar-refractivity contribution < 1.29 is 13.6 Å². The average Bonchev–Trinajstić information content (AvgIpc) is 3.93. The van der Waals surface area contributed by atoms with Crippen molar-refractivity contribution in [2.45, 2.75) is 5.41 Å². The third-order valence-corrected chi connectivity index (χ3v) is 13.9. The number of rotatable bonds is 4. The Morgan fingerprint density at radius 2 is 0.794 bits per heavy atom. The SMILES string of the molecule is c1ccc(-n2c3c(c4ccccc42)Oc2ccccc2C3(c2ccccc2)c2ccccc2)cc1.c1ccc(-n2c3c4cccc5cccc(oc3c3oc6cccc7cccc(c76)c32)c54)cc1. The van der Waals surface area contributed by atoms with Gasteiger partial charge in [0.25, 0.3) is 0 Å². The van der Waals surface area contributed by atoms with E-state index in [1.165, 1.54) is 21.9 Å². The van der Waals surface area contributed by atoms with Gasteiger partial charge >= 0.3 is 0 Å². The zero-order valence-corrected chi connectivity index (χ0v) is 36.7. The third-order valence-electron chi connectivity index (χ3n) is 13.9. The summed E-state index contributed by atoms with van der Waals surface area (Å²) >= 11 is 0. The Balaban J connectivity index is 0.000000129. The summed E-state index contributed by atoms with van der Waals surface area (Å²) in [7, 11) is 0. The zero-order valence-electron chi connectivity index (χ0n) is 36.7. The van der Waals surface area contributed by atoms with Crippen molar-refractivity contribution in [3.05, 3.63) is 265 Å². The molecule has 0 N–H and O–H groups in total. The van der Waals surface area contributed by atoms with Crippen LogP contribution in [0.3, 0.4) is 0 Å². The molecule has 0 aliphatic carbocycles. The van der Waals surface area contributed by atoms with Crippen molar-refractivity contribution in [1.82, 2.24) is 9.13 Å². The van der Waals surface area contributed by atoms with Crippen LogP contribution >= 0.6 is 0 Å². The van der Waals surface area contributed by atoms with Gasteiger partial charge < -0.3 is 22.7 Å². The fourth-order valence-corrected chi connectivity index (χ4v) is 11.2. The van der Waals surface area contributed by atoms with Gasteiger partial charge in [0, 0.05) is 43.9 Å². The van der Waals surface area contributed by atoms with Crippen LogP contribution in [-0.4, -0.2) is 9.13 Å². The van der Waals surface area contributed by atoms with E-state index in [2.05, 4.69) is 221 Å². The summed E-state index contributed by atoms with van der Waals surface area (Å²) in [4.78, 5) is 0. The first-order valence-corrected chi connectivity index (χ1v) is 23.1. The van der Waals surface area contributed by atoms with E-state index in [-0.39, 0.29) is 0 Å². The monoisotopic (exact) mass is 872 g/mol. The summed E-state index contributed by atoms with van der Waals surface area (Å²) in [6.45, 7) is 0. The molecule has 0 radical (unpaired) electrons. The molecule has 0 saturated carbocycles. The summed E-state index contributed by atoms with van der Waals surface area (Å²) in [5.74, 6) is 1.81. The molecule has 0 spiro atoms. The zero-order chi connectivity index (χ0) is 44.8. The predicted molar refractivity (Wildman–Crippen MR) is 277 cm³/mol. The molecule has 0 bridgehead atoms. The third kappa shape index (κ3) is 5.44. The highest BCUT2D eigenvalue weighted by Gasteiger charge is 2.49. The van der Waals surface area contributed by atoms with Gasteiger partial charge in [0.15, 0.2) is 16.9 Å². The maximum absolute atomic E-state index is 6.77. The van der Waals surface area contributed by atoms with Crippen LogP contribution in [-0.2, 0) is 5.41 Å². The van der Waals surface area contributed by atoms with Gasteiger partial charge in [-0.05, 0) is 76.5 Å². The maximum atomic E-state index is 6.77. The molecule has 14 aromatic rings. The fourth-order valence-electron chi connectivity index (χ4n) is 11.2. The molecule has 5 heterocycles. The molecule has 1 aliphatic rings. The van der Waals surface area contributed by atoms with Gasteiger partial charge in [-0.2, -0.15) is 0 Å². The smallest absolute Gasteiger partial charge is 0.196 e. The highest BCUT2D eigenvalue weighted by atomic mass is 16.5. The number of hydrogen-bond acceptors (Lipinski definition) is 3. The normalized spacial score (nSPS) is 12.9. The molecule has 15 rings (SSSR count). The van der Waals surface area contributed by atoms with E-state index >= 15 is 0 Å². The minimum Gasteiger partial charge on any atom is -0.454 e. The lowest BCUT2D eigenvalue weighted by Crippen LogP contribution is -2.36. The van der Waals surface area contributed by atoms with Gasteiger partial charge in [-0.25, -0.2) is 0 Å². The van der Waals surface area contributed by atoms with E-state index < -0.39 is 5.41 Å². The van der Waals surface area contributed by atoms with Crippen LogP contribution in [0.5, 0.6) is 11.5 Å². The van der Waals surface area contributed by atoms with Crippen molar-refractivity contribution in [3.8, 4) is 22.9 Å². The lowest BCUT2D eigenvalue weighted by molar-refractivity contribution is 0.433. The van der Waals surface area contributed by atoms with Gasteiger partial charge in [0.2, 0.25) is 0 Å². The summed E-state index contributed by atoms with van der Waals surface area (Å²) in [6, 6.07) is 85.1. The Morgan fingerprint density at radius 3 is 1.35 bits per heavy atom. The van der Waals surface area contributed by atoms with Crippen LogP contribution in [0.4, 0.5) is 0 Å². The summed E-state index contributed by atoms with van der Waals surface area (Å²) < 4.78 is 24.7. The number of nitrogens with zero attached hydrogens (tertiary/aromatic N) is 2. The van der Waals surface area contributed by atoms with Crippen LogP contribution < -0.4 is 4.74 Å². The van der Waals surface area contributed by atoms with Crippen LogP contribution in [0.1, 0.15) is 22.4 Å². The number of aromatic nitrogens is 2. The Bertz CT molecular complexity index is 4040. The van der Waals surface area contributed by atoms with Crippen molar-refractivity contribution >= 4 is 76.6 Å². The average molecular weight is 873 g/mol. The van der Waals surface area contributed by atoms with Gasteiger partial charge in [0.05, 0.1) is 16.6 Å². The first-order chi connectivity index (χ1) is 33.8. The highest BCUT2D eigenvalue weighted by Crippen LogP contribution is 2.58. The van der Waals surface area contributed by atoms with E-state index in [9.17, 15) is 0 Å². The van der Waals surface area contributed by atoms with Crippen LogP contribution in [0.2, 0.25) is 0 Å². The molecule has 0 fully saturated rings. The van der Waals surface area contributed by atoms with Crippen molar-refractivity contribution in [2.24, 2.45) is 0 Å². The topological polar surface area (TPSA) is 45.4 Å². The molecule has 0 amide bonds. The van der Waals surface area contributed by atoms with E-state index in [4.69, 9.17) is 13.6 Å². The highest BCUT2D eigenvalue weighted by molar-refractivity contribution is 6.26. The second kappa shape index (κ2) is 15.0. The number of benzene rings is 10. The molecule has 0 unspecified atom stereocenters. The van der Waals surface area contributed by atoms with Crippen LogP contribution in [0.25, 0.3) is 88.0 Å². The first kappa shape index (κ1) is 38.2. The minimum absolute atomic E-state index is 0.568. The first-order valence-electron chi connectivity index (χ1n) is 23.1. The number of ether oxygens (including phenoxy) is 1. The summed E-state index contributed by atoms with van der Waals surface area (Å²) in [6.07, 6.45) is 0. The summed E-state index contributed by atoms with van der Waals surface area (Å²) in [5, 5.41) is 8.02. The van der Waals surface area contributed by atoms with E-state index in [1.807, 2.05) is 30.3 Å². The van der Waals surface area contributed by atoms with Crippen molar-refractivity contribution in [3.63, 3.8) is 0 Å². The number of para-hydroxylation sites is 4. The van der Waals surface area contributed by atoms with Gasteiger partial charge in [0.1, 0.15) is 27.9 Å². The van der Waals surface area contributed by atoms with Crippen LogP contribution in [0, 0.1) is 0 Å². The molecule has 1 aliphatic heterocycles. The Labute approximate surface area is 390 Å². The molecular weight excluding hydrogens is 833 g/mol. The Kier molecular flexibility index (Phi) is 8.43. The van der Waals surface area contributed by atoms with Crippen molar-refractivity contribution in [1.29, 1.82) is 0 Å². The minimum atomic E-state index is -0.568. The lowest BCUT2D eigenvalue weighted by atomic mass is 9.65. The van der Waals surface area contributed by atoms with Gasteiger partial charge in [-0.15, -0.1) is 0 Å². The maximum Gasteiger partial charge on any atom is 0.196 e. The molecule has 5 heteroatoms. The summed E-state index contributed by atoms with van der Waals surface area (Å²) in [5.41, 5.74) is 12.8. The van der Waals surface area contributed by atoms with E-state index in [1.54, 1.807) is 0 Å². The van der Waals surface area contributed by atoms with Gasteiger partial charge in [-0.1, -0.05) is 188 Å².